The third-order valence-electron chi connectivity index (χ3n) is 1.38. The molecule has 0 spiro atoms. The van der Waals surface area contributed by atoms with Crippen LogP contribution in [0.15, 0.2) is 0 Å². The lowest BCUT2D eigenvalue weighted by Crippen LogP contribution is -1.99. The third kappa shape index (κ3) is 2.06. The first-order chi connectivity index (χ1) is 5.65. The maximum atomic E-state index is 8.67. The lowest BCUT2D eigenvalue weighted by Gasteiger charge is -2.03. The van der Waals surface area contributed by atoms with Crippen molar-refractivity contribution < 1.29 is 5.11 Å². The number of hydrogen-bond acceptors (Lipinski definition) is 3. The Bertz CT molecular complexity index is 268. The number of aliphatic hydroxyl groups is 1. The molecule has 0 aliphatic rings. The Morgan fingerprint density at radius 3 is 2.17 bits per heavy atom. The van der Waals surface area contributed by atoms with Crippen molar-refractivity contribution in [3.63, 3.8) is 0 Å². The smallest absolute Gasteiger partial charge is 0.137 e. The van der Waals surface area contributed by atoms with Crippen LogP contribution in [0.1, 0.15) is 11.4 Å². The van der Waals surface area contributed by atoms with Gasteiger partial charge in [-0.25, -0.2) is 9.97 Å². The van der Waals surface area contributed by atoms with Crippen LogP contribution in [0.5, 0.6) is 0 Å². The first kappa shape index (κ1) is 9.71. The summed E-state index contributed by atoms with van der Waals surface area (Å²) < 4.78 is 0. The van der Waals surface area contributed by atoms with Gasteiger partial charge < -0.3 is 5.11 Å². The van der Waals surface area contributed by atoms with Crippen molar-refractivity contribution in [1.82, 2.24) is 9.97 Å². The van der Waals surface area contributed by atoms with Crippen LogP contribution in [0.3, 0.4) is 0 Å². The maximum Gasteiger partial charge on any atom is 0.137 e. The summed E-state index contributed by atoms with van der Waals surface area (Å²) >= 11 is 11.5. The fourth-order valence-corrected chi connectivity index (χ4v) is 1.51. The van der Waals surface area contributed by atoms with Gasteiger partial charge in [0.15, 0.2) is 0 Å². The molecule has 12 heavy (non-hydrogen) atoms. The van der Waals surface area contributed by atoms with Crippen molar-refractivity contribution in [1.29, 1.82) is 0 Å². The number of halogens is 2. The Kier molecular flexibility index (Phi) is 3.26. The zero-order valence-corrected chi connectivity index (χ0v) is 8.02. The molecular formula is C7H8Cl2N2O. The van der Waals surface area contributed by atoms with Gasteiger partial charge in [0.25, 0.3) is 0 Å². The number of nitrogens with zero attached hydrogens (tertiary/aromatic N) is 2. The van der Waals surface area contributed by atoms with E-state index < -0.39 is 0 Å². The summed E-state index contributed by atoms with van der Waals surface area (Å²) in [5, 5.41) is 9.31. The van der Waals surface area contributed by atoms with E-state index in [1.807, 2.05) is 0 Å². The van der Waals surface area contributed by atoms with Gasteiger partial charge >= 0.3 is 0 Å². The van der Waals surface area contributed by atoms with E-state index in [1.54, 1.807) is 6.92 Å². The van der Waals surface area contributed by atoms with Gasteiger partial charge in [0.05, 0.1) is 0 Å². The summed E-state index contributed by atoms with van der Waals surface area (Å²) in [6, 6.07) is 0. The van der Waals surface area contributed by atoms with Crippen LogP contribution in [0, 0.1) is 6.92 Å². The maximum absolute atomic E-state index is 8.67. The highest BCUT2D eigenvalue weighted by atomic mass is 35.5. The molecule has 1 rings (SSSR count). The standard InChI is InChI=1S/C7H8Cl2N2O/c1-4-10-6(8)5(2-3-12)7(9)11-4/h12H,2-3H2,1H3. The number of hydrogen-bond donors (Lipinski definition) is 1. The Balaban J connectivity index is 3.10. The molecule has 1 N–H and O–H groups in total. The monoisotopic (exact) mass is 206 g/mol. The summed E-state index contributed by atoms with van der Waals surface area (Å²) in [5.41, 5.74) is 0.603. The molecule has 0 fully saturated rings. The predicted molar refractivity (Wildman–Crippen MR) is 47.6 cm³/mol. The van der Waals surface area contributed by atoms with Crippen LogP contribution in [0.2, 0.25) is 10.3 Å². The van der Waals surface area contributed by atoms with E-state index in [1.165, 1.54) is 0 Å². The lowest BCUT2D eigenvalue weighted by molar-refractivity contribution is 0.299. The van der Waals surface area contributed by atoms with E-state index in [0.29, 0.717) is 28.1 Å². The van der Waals surface area contributed by atoms with Gasteiger partial charge in [-0.15, -0.1) is 0 Å². The molecule has 0 atom stereocenters. The zero-order chi connectivity index (χ0) is 9.14. The van der Waals surface area contributed by atoms with E-state index >= 15 is 0 Å². The Morgan fingerprint density at radius 1 is 1.25 bits per heavy atom. The highest BCUT2D eigenvalue weighted by Gasteiger charge is 2.08. The molecule has 0 bridgehead atoms. The Hall–Kier alpha value is -0.380. The molecule has 0 amide bonds. The molecule has 0 aliphatic heterocycles. The molecule has 0 saturated carbocycles. The number of aromatic nitrogens is 2. The van der Waals surface area contributed by atoms with E-state index in [0.717, 1.165) is 0 Å². The second-order valence-electron chi connectivity index (χ2n) is 2.30. The largest absolute Gasteiger partial charge is 0.396 e. The SMILES string of the molecule is Cc1nc(Cl)c(CCO)c(Cl)n1. The van der Waals surface area contributed by atoms with Crippen LogP contribution in [-0.4, -0.2) is 21.7 Å². The average Bonchev–Trinajstić information content (AvgIpc) is 1.96. The van der Waals surface area contributed by atoms with Crippen LogP contribution < -0.4 is 0 Å². The molecule has 0 radical (unpaired) electrons. The van der Waals surface area contributed by atoms with E-state index in [9.17, 15) is 0 Å². The van der Waals surface area contributed by atoms with Crippen molar-refractivity contribution in [3.8, 4) is 0 Å². The van der Waals surface area contributed by atoms with Crippen LogP contribution in [0.4, 0.5) is 0 Å². The summed E-state index contributed by atoms with van der Waals surface area (Å²) in [7, 11) is 0. The van der Waals surface area contributed by atoms with Gasteiger partial charge in [0.2, 0.25) is 0 Å². The number of aryl methyl sites for hydroxylation is 1. The molecule has 3 nitrogen and oxygen atoms in total. The van der Waals surface area contributed by atoms with Crippen molar-refractivity contribution in [2.45, 2.75) is 13.3 Å². The van der Waals surface area contributed by atoms with Crippen molar-refractivity contribution in [3.05, 3.63) is 21.7 Å². The predicted octanol–water partition coefficient (Wildman–Crippen LogP) is 1.63. The zero-order valence-electron chi connectivity index (χ0n) is 6.51. The highest BCUT2D eigenvalue weighted by molar-refractivity contribution is 6.34. The minimum absolute atomic E-state index is 0.00807. The van der Waals surface area contributed by atoms with Crippen molar-refractivity contribution in [2.24, 2.45) is 0 Å². The number of aliphatic hydroxyl groups excluding tert-OH is 1. The van der Waals surface area contributed by atoms with Crippen LogP contribution in [-0.2, 0) is 6.42 Å². The summed E-state index contributed by atoms with van der Waals surface area (Å²) in [5.74, 6) is 0.534. The van der Waals surface area contributed by atoms with Gasteiger partial charge in [-0.3, -0.25) is 0 Å². The molecule has 1 aromatic heterocycles. The molecule has 1 heterocycles. The molecule has 5 heteroatoms. The second-order valence-corrected chi connectivity index (χ2v) is 3.02. The van der Waals surface area contributed by atoms with E-state index in [2.05, 4.69) is 9.97 Å². The van der Waals surface area contributed by atoms with E-state index in [-0.39, 0.29) is 6.61 Å². The highest BCUT2D eigenvalue weighted by Crippen LogP contribution is 2.20. The lowest BCUT2D eigenvalue weighted by atomic mass is 10.2. The second kappa shape index (κ2) is 4.03. The van der Waals surface area contributed by atoms with Crippen molar-refractivity contribution >= 4 is 23.2 Å². The molecule has 0 aromatic carbocycles. The summed E-state index contributed by atoms with van der Waals surface area (Å²) in [6.45, 7) is 1.70. The van der Waals surface area contributed by atoms with Crippen LogP contribution >= 0.6 is 23.2 Å². The molecule has 0 unspecified atom stereocenters. The molecule has 0 saturated heterocycles. The van der Waals surface area contributed by atoms with E-state index in [4.69, 9.17) is 28.3 Å². The molecular weight excluding hydrogens is 199 g/mol. The fourth-order valence-electron chi connectivity index (χ4n) is 0.847. The fraction of sp³-hybridized carbons (Fsp3) is 0.429. The Labute approximate surface area is 80.4 Å². The van der Waals surface area contributed by atoms with Crippen LogP contribution in [0.25, 0.3) is 0 Å². The average molecular weight is 207 g/mol. The third-order valence-corrected chi connectivity index (χ3v) is 2.01. The van der Waals surface area contributed by atoms with Gasteiger partial charge in [-0.05, 0) is 6.92 Å². The molecule has 66 valence electrons. The van der Waals surface area contributed by atoms with Gasteiger partial charge in [-0.1, -0.05) is 23.2 Å². The van der Waals surface area contributed by atoms with Gasteiger partial charge in [0.1, 0.15) is 16.1 Å². The summed E-state index contributed by atoms with van der Waals surface area (Å²) in [4.78, 5) is 7.82. The molecule has 0 aliphatic carbocycles. The van der Waals surface area contributed by atoms with Gasteiger partial charge in [0, 0.05) is 18.6 Å². The quantitative estimate of drug-likeness (QED) is 0.749. The Morgan fingerprint density at radius 2 is 1.75 bits per heavy atom. The van der Waals surface area contributed by atoms with Gasteiger partial charge in [-0.2, -0.15) is 0 Å². The topological polar surface area (TPSA) is 46.0 Å². The first-order valence-corrected chi connectivity index (χ1v) is 4.20. The minimum atomic E-state index is -0.00807. The molecule has 1 aromatic rings. The summed E-state index contributed by atoms with van der Waals surface area (Å²) in [6.07, 6.45) is 0.387. The number of rotatable bonds is 2. The first-order valence-electron chi connectivity index (χ1n) is 3.44. The normalized spacial score (nSPS) is 10.3. The van der Waals surface area contributed by atoms with Crippen molar-refractivity contribution in [2.75, 3.05) is 6.61 Å². The minimum Gasteiger partial charge on any atom is -0.396 e.